The van der Waals surface area contributed by atoms with E-state index in [1.165, 1.54) is 12.1 Å². The Bertz CT molecular complexity index is 606. The summed E-state index contributed by atoms with van der Waals surface area (Å²) in [6.45, 7) is 2.23. The molecule has 110 valence electrons. The number of hydrogen-bond acceptors (Lipinski definition) is 3. The molecule has 1 aromatic carbocycles. The zero-order chi connectivity index (χ0) is 15.2. The maximum atomic E-state index is 12.0. The molecule has 6 heteroatoms. The number of hydrogen-bond donors (Lipinski definition) is 3. The molecule has 3 N–H and O–H groups in total. The number of amides is 1. The second-order valence-corrected chi connectivity index (χ2v) is 4.90. The Balaban J connectivity index is 1.84. The quantitative estimate of drug-likeness (QED) is 0.752. The van der Waals surface area contributed by atoms with Crippen LogP contribution in [0.1, 0.15) is 28.5 Å². The van der Waals surface area contributed by atoms with E-state index in [-0.39, 0.29) is 17.4 Å². The lowest BCUT2D eigenvalue weighted by Gasteiger charge is -2.11. The van der Waals surface area contributed by atoms with Gasteiger partial charge in [-0.1, -0.05) is 19.1 Å². The first-order valence-corrected chi connectivity index (χ1v) is 6.63. The molecule has 21 heavy (non-hydrogen) atoms. The molecule has 1 unspecified atom stereocenters. The Morgan fingerprint density at radius 3 is 2.62 bits per heavy atom. The van der Waals surface area contributed by atoms with Crippen LogP contribution >= 0.6 is 0 Å². The van der Waals surface area contributed by atoms with E-state index in [1.54, 1.807) is 24.7 Å². The highest BCUT2D eigenvalue weighted by molar-refractivity contribution is 5.87. The van der Waals surface area contributed by atoms with Gasteiger partial charge in [-0.25, -0.2) is 9.78 Å². The molecule has 1 amide bonds. The maximum absolute atomic E-state index is 12.0. The zero-order valence-electron chi connectivity index (χ0n) is 11.7. The highest BCUT2D eigenvalue weighted by Crippen LogP contribution is 2.07. The highest BCUT2D eigenvalue weighted by atomic mass is 16.4. The molecular formula is C15H17N3O3. The third kappa shape index (κ3) is 4.17. The van der Waals surface area contributed by atoms with Crippen molar-refractivity contribution in [1.82, 2.24) is 15.3 Å². The van der Waals surface area contributed by atoms with Crippen molar-refractivity contribution in [2.75, 3.05) is 0 Å². The molecule has 1 heterocycles. The van der Waals surface area contributed by atoms with Crippen LogP contribution in [0.5, 0.6) is 0 Å². The molecular weight excluding hydrogens is 270 g/mol. The van der Waals surface area contributed by atoms with Crippen molar-refractivity contribution in [3.8, 4) is 0 Å². The van der Waals surface area contributed by atoms with Gasteiger partial charge in [-0.05, 0) is 17.7 Å². The molecule has 0 aliphatic rings. The fourth-order valence-corrected chi connectivity index (χ4v) is 1.95. The van der Waals surface area contributed by atoms with Gasteiger partial charge in [-0.2, -0.15) is 0 Å². The number of carboxylic acid groups (broad SMARTS) is 1. The van der Waals surface area contributed by atoms with Crippen molar-refractivity contribution >= 4 is 11.9 Å². The van der Waals surface area contributed by atoms with E-state index >= 15 is 0 Å². The van der Waals surface area contributed by atoms with Crippen molar-refractivity contribution in [1.29, 1.82) is 0 Å². The van der Waals surface area contributed by atoms with Crippen LogP contribution in [-0.4, -0.2) is 27.0 Å². The summed E-state index contributed by atoms with van der Waals surface area (Å²) < 4.78 is 0. The number of rotatable bonds is 6. The molecule has 0 saturated carbocycles. The lowest BCUT2D eigenvalue weighted by Crippen LogP contribution is -2.29. The van der Waals surface area contributed by atoms with Crippen LogP contribution in [-0.2, 0) is 17.8 Å². The number of nitrogens with zero attached hydrogens (tertiary/aromatic N) is 1. The van der Waals surface area contributed by atoms with E-state index in [9.17, 15) is 9.59 Å². The van der Waals surface area contributed by atoms with E-state index in [1.807, 2.05) is 6.92 Å². The molecule has 0 saturated heterocycles. The molecule has 1 atom stereocenters. The third-order valence-electron chi connectivity index (χ3n) is 3.20. The van der Waals surface area contributed by atoms with Gasteiger partial charge in [-0.3, -0.25) is 4.79 Å². The van der Waals surface area contributed by atoms with Crippen molar-refractivity contribution in [3.63, 3.8) is 0 Å². The Morgan fingerprint density at radius 1 is 1.33 bits per heavy atom. The van der Waals surface area contributed by atoms with Crippen LogP contribution in [0.2, 0.25) is 0 Å². The number of imidazole rings is 1. The number of H-pyrrole nitrogens is 1. The second kappa shape index (κ2) is 6.69. The second-order valence-electron chi connectivity index (χ2n) is 4.90. The third-order valence-corrected chi connectivity index (χ3v) is 3.20. The Morgan fingerprint density at radius 2 is 2.05 bits per heavy atom. The van der Waals surface area contributed by atoms with Gasteiger partial charge < -0.3 is 15.4 Å². The van der Waals surface area contributed by atoms with E-state index < -0.39 is 5.97 Å². The minimum atomic E-state index is -0.959. The first-order valence-electron chi connectivity index (χ1n) is 6.63. The van der Waals surface area contributed by atoms with Gasteiger partial charge in [0.25, 0.3) is 0 Å². The van der Waals surface area contributed by atoms with Gasteiger partial charge in [0.1, 0.15) is 0 Å². The number of aromatic carboxylic acids is 1. The number of benzene rings is 1. The minimum absolute atomic E-state index is 0.0492. The molecule has 0 fully saturated rings. The van der Waals surface area contributed by atoms with Crippen molar-refractivity contribution in [2.24, 2.45) is 5.92 Å². The highest BCUT2D eigenvalue weighted by Gasteiger charge is 2.13. The molecule has 2 rings (SSSR count). The smallest absolute Gasteiger partial charge is 0.335 e. The number of carbonyl (C=O) groups excluding carboxylic acids is 1. The van der Waals surface area contributed by atoms with E-state index in [4.69, 9.17) is 5.11 Å². The summed E-state index contributed by atoms with van der Waals surface area (Å²) >= 11 is 0. The van der Waals surface area contributed by atoms with Gasteiger partial charge in [0.2, 0.25) is 5.91 Å². The molecule has 0 bridgehead atoms. The average Bonchev–Trinajstić information content (AvgIpc) is 2.98. The number of carbonyl (C=O) groups is 2. The molecule has 1 aromatic heterocycles. The van der Waals surface area contributed by atoms with Gasteiger partial charge in [0.15, 0.2) is 0 Å². The molecule has 6 nitrogen and oxygen atoms in total. The summed E-state index contributed by atoms with van der Waals surface area (Å²) in [7, 11) is 0. The predicted molar refractivity (Wildman–Crippen MR) is 76.7 cm³/mol. The van der Waals surface area contributed by atoms with E-state index in [0.717, 1.165) is 11.3 Å². The van der Waals surface area contributed by atoms with Gasteiger partial charge in [0.05, 0.1) is 11.9 Å². The lowest BCUT2D eigenvalue weighted by atomic mass is 10.1. The van der Waals surface area contributed by atoms with E-state index in [2.05, 4.69) is 15.3 Å². The molecule has 0 aliphatic heterocycles. The largest absolute Gasteiger partial charge is 0.478 e. The van der Waals surface area contributed by atoms with Crippen molar-refractivity contribution in [3.05, 3.63) is 53.6 Å². The zero-order valence-corrected chi connectivity index (χ0v) is 11.7. The first-order chi connectivity index (χ1) is 10.1. The number of aromatic amines is 1. The van der Waals surface area contributed by atoms with Crippen LogP contribution in [0, 0.1) is 5.92 Å². The average molecular weight is 287 g/mol. The van der Waals surface area contributed by atoms with Gasteiger partial charge in [-0.15, -0.1) is 0 Å². The summed E-state index contributed by atoms with van der Waals surface area (Å²) in [5, 5.41) is 11.7. The number of nitrogens with one attached hydrogen (secondary N) is 2. The summed E-state index contributed by atoms with van der Waals surface area (Å²) in [6, 6.07) is 6.45. The van der Waals surface area contributed by atoms with Crippen LogP contribution in [0.3, 0.4) is 0 Å². The SMILES string of the molecule is CC(Cc1cnc[nH]1)C(=O)NCc1ccc(C(=O)O)cc1. The standard InChI is InChI=1S/C15H17N3O3/c1-10(6-13-8-16-9-18-13)14(19)17-7-11-2-4-12(5-3-11)15(20)21/h2-5,8-10H,6-7H2,1H3,(H,16,18)(H,17,19)(H,20,21). The van der Waals surface area contributed by atoms with Crippen molar-refractivity contribution in [2.45, 2.75) is 19.9 Å². The molecule has 0 spiro atoms. The van der Waals surface area contributed by atoms with E-state index in [0.29, 0.717) is 13.0 Å². The summed E-state index contributed by atoms with van der Waals surface area (Å²) in [5.41, 5.74) is 2.02. The molecule has 0 radical (unpaired) electrons. The minimum Gasteiger partial charge on any atom is -0.478 e. The lowest BCUT2D eigenvalue weighted by molar-refractivity contribution is -0.124. The topological polar surface area (TPSA) is 95.1 Å². The Labute approximate surface area is 122 Å². The summed E-state index contributed by atoms with van der Waals surface area (Å²) in [4.78, 5) is 29.6. The van der Waals surface area contributed by atoms with Crippen LogP contribution in [0.15, 0.2) is 36.8 Å². The van der Waals surface area contributed by atoms with Crippen LogP contribution in [0.25, 0.3) is 0 Å². The number of aromatic nitrogens is 2. The van der Waals surface area contributed by atoms with Crippen molar-refractivity contribution < 1.29 is 14.7 Å². The molecule has 2 aromatic rings. The predicted octanol–water partition coefficient (Wildman–Crippen LogP) is 1.60. The Hall–Kier alpha value is -2.63. The maximum Gasteiger partial charge on any atom is 0.335 e. The monoisotopic (exact) mass is 287 g/mol. The summed E-state index contributed by atoms with van der Waals surface area (Å²) in [5.74, 6) is -1.17. The fraction of sp³-hybridized carbons (Fsp3) is 0.267. The normalized spacial score (nSPS) is 11.9. The summed E-state index contributed by atoms with van der Waals surface area (Å²) in [6.07, 6.45) is 3.89. The fourth-order valence-electron chi connectivity index (χ4n) is 1.95. The van der Waals surface area contributed by atoms with Gasteiger partial charge >= 0.3 is 5.97 Å². The van der Waals surface area contributed by atoms with Crippen LogP contribution in [0.4, 0.5) is 0 Å². The Kier molecular flexibility index (Phi) is 4.71. The first kappa shape index (κ1) is 14.8. The number of carboxylic acids is 1. The van der Waals surface area contributed by atoms with Crippen LogP contribution < -0.4 is 5.32 Å². The van der Waals surface area contributed by atoms with Gasteiger partial charge in [0, 0.05) is 30.8 Å². The molecule has 0 aliphatic carbocycles.